The molecular formula is C16H19N3O4. The van der Waals surface area contributed by atoms with Gasteiger partial charge in [-0.25, -0.2) is 0 Å². The number of non-ortho nitro benzene ring substituents is 1. The van der Waals surface area contributed by atoms with Crippen LogP contribution in [0.1, 0.15) is 11.7 Å². The van der Waals surface area contributed by atoms with E-state index in [0.29, 0.717) is 30.9 Å². The summed E-state index contributed by atoms with van der Waals surface area (Å²) in [7, 11) is 0. The molecule has 2 aromatic rings. The molecule has 0 bridgehead atoms. The SMILES string of the molecule is O=[N+]([O-])c1cccc(NCCNCC(O)c2cccc(O)c2)c1. The van der Waals surface area contributed by atoms with E-state index in [2.05, 4.69) is 10.6 Å². The van der Waals surface area contributed by atoms with Crippen molar-refractivity contribution in [3.8, 4) is 5.75 Å². The van der Waals surface area contributed by atoms with Crippen molar-refractivity contribution in [1.82, 2.24) is 5.32 Å². The second kappa shape index (κ2) is 8.11. The molecule has 1 atom stereocenters. The van der Waals surface area contributed by atoms with Crippen LogP contribution in [0.3, 0.4) is 0 Å². The van der Waals surface area contributed by atoms with Crippen molar-refractivity contribution < 1.29 is 15.1 Å². The maximum absolute atomic E-state index is 10.7. The largest absolute Gasteiger partial charge is 0.508 e. The molecule has 0 aliphatic carbocycles. The van der Waals surface area contributed by atoms with E-state index in [1.165, 1.54) is 18.2 Å². The predicted molar refractivity (Wildman–Crippen MR) is 87.5 cm³/mol. The summed E-state index contributed by atoms with van der Waals surface area (Å²) in [6.45, 7) is 1.49. The standard InChI is InChI=1S/C16H19N3O4/c20-15-6-1-3-12(9-15)16(21)11-17-7-8-18-13-4-2-5-14(10-13)19(22)23/h1-6,9-10,16-18,20-21H,7-8,11H2. The zero-order valence-corrected chi connectivity index (χ0v) is 12.5. The number of hydrogen-bond donors (Lipinski definition) is 4. The second-order valence-corrected chi connectivity index (χ2v) is 5.05. The van der Waals surface area contributed by atoms with E-state index in [-0.39, 0.29) is 11.4 Å². The molecule has 23 heavy (non-hydrogen) atoms. The Kier molecular flexibility index (Phi) is 5.90. The van der Waals surface area contributed by atoms with Crippen molar-refractivity contribution in [2.45, 2.75) is 6.10 Å². The minimum Gasteiger partial charge on any atom is -0.508 e. The highest BCUT2D eigenvalue weighted by Crippen LogP contribution is 2.18. The number of nitrogens with one attached hydrogen (secondary N) is 2. The van der Waals surface area contributed by atoms with Gasteiger partial charge in [0.2, 0.25) is 0 Å². The number of aliphatic hydroxyl groups excluding tert-OH is 1. The molecule has 4 N–H and O–H groups in total. The predicted octanol–water partition coefficient (Wildman–Crippen LogP) is 2.04. The lowest BCUT2D eigenvalue weighted by Crippen LogP contribution is -2.26. The van der Waals surface area contributed by atoms with Gasteiger partial charge in [-0.1, -0.05) is 18.2 Å². The first-order valence-corrected chi connectivity index (χ1v) is 7.22. The maximum Gasteiger partial charge on any atom is 0.271 e. The summed E-state index contributed by atoms with van der Waals surface area (Å²) in [5, 5.41) is 36.2. The molecule has 0 aliphatic rings. The fourth-order valence-corrected chi connectivity index (χ4v) is 2.11. The van der Waals surface area contributed by atoms with Crippen LogP contribution < -0.4 is 10.6 Å². The molecule has 0 fully saturated rings. The third kappa shape index (κ3) is 5.24. The number of phenols is 1. The summed E-state index contributed by atoms with van der Waals surface area (Å²) in [4.78, 5) is 10.2. The highest BCUT2D eigenvalue weighted by molar-refractivity contribution is 5.50. The van der Waals surface area contributed by atoms with Crippen LogP contribution in [0.4, 0.5) is 11.4 Å². The van der Waals surface area contributed by atoms with Crippen molar-refractivity contribution in [2.24, 2.45) is 0 Å². The van der Waals surface area contributed by atoms with Gasteiger partial charge in [0.1, 0.15) is 5.75 Å². The summed E-state index contributed by atoms with van der Waals surface area (Å²) >= 11 is 0. The van der Waals surface area contributed by atoms with E-state index in [1.54, 1.807) is 30.3 Å². The second-order valence-electron chi connectivity index (χ2n) is 5.05. The number of rotatable bonds is 8. The molecule has 0 saturated carbocycles. The number of aromatic hydroxyl groups is 1. The minimum absolute atomic E-state index is 0.0438. The molecule has 7 heteroatoms. The fourth-order valence-electron chi connectivity index (χ4n) is 2.11. The number of nitro benzene ring substituents is 1. The summed E-state index contributed by atoms with van der Waals surface area (Å²) in [5.74, 6) is 0.119. The van der Waals surface area contributed by atoms with Gasteiger partial charge >= 0.3 is 0 Å². The molecule has 122 valence electrons. The summed E-state index contributed by atoms with van der Waals surface area (Å²) < 4.78 is 0. The van der Waals surface area contributed by atoms with Gasteiger partial charge in [0, 0.05) is 37.5 Å². The van der Waals surface area contributed by atoms with Gasteiger partial charge in [-0.15, -0.1) is 0 Å². The molecule has 0 saturated heterocycles. The number of aliphatic hydroxyl groups is 1. The van der Waals surface area contributed by atoms with Gasteiger partial charge in [-0.3, -0.25) is 10.1 Å². The Morgan fingerprint density at radius 3 is 2.65 bits per heavy atom. The number of anilines is 1. The Labute approximate surface area is 133 Å². The fraction of sp³-hybridized carbons (Fsp3) is 0.250. The number of hydrogen-bond acceptors (Lipinski definition) is 6. The average Bonchev–Trinajstić information content (AvgIpc) is 2.54. The molecule has 7 nitrogen and oxygen atoms in total. The third-order valence-corrected chi connectivity index (χ3v) is 3.28. The van der Waals surface area contributed by atoms with E-state index < -0.39 is 11.0 Å². The molecule has 0 aliphatic heterocycles. The van der Waals surface area contributed by atoms with Crippen molar-refractivity contribution in [2.75, 3.05) is 25.0 Å². The van der Waals surface area contributed by atoms with Crippen molar-refractivity contribution >= 4 is 11.4 Å². The molecule has 0 spiro atoms. The lowest BCUT2D eigenvalue weighted by Gasteiger charge is -2.13. The molecule has 0 aromatic heterocycles. The first-order valence-electron chi connectivity index (χ1n) is 7.22. The molecule has 2 rings (SSSR count). The van der Waals surface area contributed by atoms with Crippen LogP contribution in [0.25, 0.3) is 0 Å². The van der Waals surface area contributed by atoms with Crippen LogP contribution in [0, 0.1) is 10.1 Å². The van der Waals surface area contributed by atoms with Gasteiger partial charge in [0.05, 0.1) is 11.0 Å². The summed E-state index contributed by atoms with van der Waals surface area (Å²) in [5.41, 5.74) is 1.36. The highest BCUT2D eigenvalue weighted by Gasteiger charge is 2.07. The van der Waals surface area contributed by atoms with Crippen LogP contribution in [0.2, 0.25) is 0 Å². The topological polar surface area (TPSA) is 108 Å². The lowest BCUT2D eigenvalue weighted by atomic mass is 10.1. The smallest absolute Gasteiger partial charge is 0.271 e. The van der Waals surface area contributed by atoms with E-state index >= 15 is 0 Å². The van der Waals surface area contributed by atoms with E-state index in [0.717, 1.165) is 0 Å². The Hall–Kier alpha value is -2.64. The van der Waals surface area contributed by atoms with Gasteiger partial charge in [-0.05, 0) is 23.8 Å². The number of nitro groups is 1. The zero-order valence-electron chi connectivity index (χ0n) is 12.5. The minimum atomic E-state index is -0.708. The van der Waals surface area contributed by atoms with E-state index in [4.69, 9.17) is 0 Å². The molecule has 2 aromatic carbocycles. The Morgan fingerprint density at radius 1 is 1.13 bits per heavy atom. The summed E-state index contributed by atoms with van der Waals surface area (Å²) in [6.07, 6.45) is -0.708. The number of benzene rings is 2. The zero-order chi connectivity index (χ0) is 16.7. The number of phenolic OH excluding ortho intramolecular Hbond substituents is 1. The average molecular weight is 317 g/mol. The van der Waals surface area contributed by atoms with Gasteiger partial charge in [0.15, 0.2) is 0 Å². The highest BCUT2D eigenvalue weighted by atomic mass is 16.6. The van der Waals surface area contributed by atoms with Crippen molar-refractivity contribution in [1.29, 1.82) is 0 Å². The molecular weight excluding hydrogens is 298 g/mol. The normalized spacial score (nSPS) is 11.9. The van der Waals surface area contributed by atoms with Gasteiger partial charge in [0.25, 0.3) is 5.69 Å². The molecule has 0 amide bonds. The van der Waals surface area contributed by atoms with Gasteiger partial charge < -0.3 is 20.8 Å². The summed E-state index contributed by atoms with van der Waals surface area (Å²) in [6, 6.07) is 12.8. The van der Waals surface area contributed by atoms with Crippen LogP contribution in [0.15, 0.2) is 48.5 Å². The van der Waals surface area contributed by atoms with Crippen LogP contribution in [-0.2, 0) is 0 Å². The first kappa shape index (κ1) is 16.7. The lowest BCUT2D eigenvalue weighted by molar-refractivity contribution is -0.384. The van der Waals surface area contributed by atoms with Crippen molar-refractivity contribution in [3.05, 3.63) is 64.2 Å². The third-order valence-electron chi connectivity index (χ3n) is 3.28. The Bertz CT molecular complexity index is 663. The Balaban J connectivity index is 1.71. The van der Waals surface area contributed by atoms with E-state index in [9.17, 15) is 20.3 Å². The van der Waals surface area contributed by atoms with Crippen LogP contribution in [0.5, 0.6) is 5.75 Å². The molecule has 0 heterocycles. The van der Waals surface area contributed by atoms with Crippen LogP contribution in [-0.4, -0.2) is 34.8 Å². The maximum atomic E-state index is 10.7. The van der Waals surface area contributed by atoms with E-state index in [1.807, 2.05) is 0 Å². The molecule has 1 unspecified atom stereocenters. The quantitative estimate of drug-likeness (QED) is 0.337. The van der Waals surface area contributed by atoms with Crippen molar-refractivity contribution in [3.63, 3.8) is 0 Å². The first-order chi connectivity index (χ1) is 11.1. The monoisotopic (exact) mass is 317 g/mol. The van der Waals surface area contributed by atoms with Gasteiger partial charge in [-0.2, -0.15) is 0 Å². The number of nitrogens with zero attached hydrogens (tertiary/aromatic N) is 1. The molecule has 0 radical (unpaired) electrons. The Morgan fingerprint density at radius 2 is 1.91 bits per heavy atom. The van der Waals surface area contributed by atoms with Crippen LogP contribution >= 0.6 is 0 Å².